The Morgan fingerprint density at radius 3 is 2.79 bits per heavy atom. The van der Waals surface area contributed by atoms with Gasteiger partial charge in [0.1, 0.15) is 0 Å². The first-order chi connectivity index (χ1) is 16.0. The number of aromatic nitrogens is 2. The fourth-order valence-corrected chi connectivity index (χ4v) is 4.95. The third kappa shape index (κ3) is 5.83. The first-order valence-electron chi connectivity index (χ1n) is 11.1. The van der Waals surface area contributed by atoms with Crippen LogP contribution < -0.4 is 11.1 Å². The number of likely N-dealkylation sites (tertiary alicyclic amines) is 1. The summed E-state index contributed by atoms with van der Waals surface area (Å²) in [6.45, 7) is 4.31. The average Bonchev–Trinajstić information content (AvgIpc) is 3.28. The van der Waals surface area contributed by atoms with E-state index in [0.29, 0.717) is 13.1 Å². The molecule has 1 aliphatic heterocycles. The molecule has 1 fully saturated rings. The highest BCUT2D eigenvalue weighted by Gasteiger charge is 2.24. The summed E-state index contributed by atoms with van der Waals surface area (Å²) < 4.78 is 2.01. The molecule has 33 heavy (non-hydrogen) atoms. The smallest absolute Gasteiger partial charge is 0.234 e. The van der Waals surface area contributed by atoms with Crippen molar-refractivity contribution in [2.45, 2.75) is 31.5 Å². The van der Waals surface area contributed by atoms with E-state index in [9.17, 15) is 9.59 Å². The Balaban J connectivity index is 1.38. The molecular formula is C25H29N5O2S. The highest BCUT2D eigenvalue weighted by atomic mass is 32.2. The normalized spacial score (nSPS) is 16.5. The van der Waals surface area contributed by atoms with Crippen molar-refractivity contribution in [3.05, 3.63) is 72.1 Å². The summed E-state index contributed by atoms with van der Waals surface area (Å²) in [5.74, 6) is -0.165. The summed E-state index contributed by atoms with van der Waals surface area (Å²) in [5.41, 5.74) is 9.54. The van der Waals surface area contributed by atoms with Gasteiger partial charge in [-0.1, -0.05) is 48.2 Å². The van der Waals surface area contributed by atoms with Gasteiger partial charge < -0.3 is 11.1 Å². The fraction of sp³-hybridized carbons (Fsp3) is 0.320. The van der Waals surface area contributed by atoms with E-state index in [1.165, 1.54) is 11.8 Å². The zero-order valence-corrected chi connectivity index (χ0v) is 19.6. The van der Waals surface area contributed by atoms with Crippen LogP contribution in [0.15, 0.2) is 66.1 Å². The number of hydrogen-bond donors (Lipinski definition) is 2. The molecule has 1 aliphatic rings. The van der Waals surface area contributed by atoms with Crippen molar-refractivity contribution in [3.8, 4) is 5.69 Å². The van der Waals surface area contributed by atoms with E-state index in [1.807, 2.05) is 53.2 Å². The number of piperidine rings is 1. The topological polar surface area (TPSA) is 93.2 Å². The molecule has 7 nitrogen and oxygen atoms in total. The number of nitrogens with one attached hydrogen (secondary N) is 1. The van der Waals surface area contributed by atoms with Gasteiger partial charge in [0.2, 0.25) is 11.8 Å². The van der Waals surface area contributed by atoms with Gasteiger partial charge in [0.25, 0.3) is 0 Å². The number of carbonyl (C=O) groups is 2. The molecule has 3 aromatic rings. The van der Waals surface area contributed by atoms with Gasteiger partial charge in [0.15, 0.2) is 5.16 Å². The molecule has 4 rings (SSSR count). The Kier molecular flexibility index (Phi) is 7.47. The number of amides is 2. The number of nitrogens with two attached hydrogens (primary N) is 1. The number of rotatable bonds is 8. The van der Waals surface area contributed by atoms with Crippen LogP contribution in [-0.2, 0) is 16.1 Å². The predicted octanol–water partition coefficient (Wildman–Crippen LogP) is 3.61. The Labute approximate surface area is 198 Å². The third-order valence-electron chi connectivity index (χ3n) is 5.91. The summed E-state index contributed by atoms with van der Waals surface area (Å²) in [6.07, 6.45) is 5.46. The van der Waals surface area contributed by atoms with Crippen LogP contribution in [-0.4, -0.2) is 45.1 Å². The number of thioether (sulfide) groups is 1. The molecule has 0 saturated carbocycles. The second kappa shape index (κ2) is 10.7. The number of para-hydroxylation sites is 2. The number of anilines is 1. The van der Waals surface area contributed by atoms with Crippen molar-refractivity contribution in [2.75, 3.05) is 24.2 Å². The molecule has 3 N–H and O–H groups in total. The molecule has 8 heteroatoms. The third-order valence-corrected chi connectivity index (χ3v) is 6.87. The minimum absolute atomic E-state index is 0.0829. The first kappa shape index (κ1) is 23.1. The van der Waals surface area contributed by atoms with E-state index < -0.39 is 0 Å². The maximum absolute atomic E-state index is 12.8. The van der Waals surface area contributed by atoms with Crippen molar-refractivity contribution in [3.63, 3.8) is 0 Å². The van der Waals surface area contributed by atoms with Gasteiger partial charge in [-0.3, -0.25) is 19.1 Å². The molecular weight excluding hydrogens is 434 g/mol. The van der Waals surface area contributed by atoms with Crippen LogP contribution in [0.1, 0.15) is 24.0 Å². The van der Waals surface area contributed by atoms with E-state index in [-0.39, 0.29) is 23.5 Å². The second-order valence-corrected chi connectivity index (χ2v) is 9.28. The van der Waals surface area contributed by atoms with Crippen LogP contribution in [0.25, 0.3) is 5.69 Å². The Bertz CT molecular complexity index is 1130. The fourth-order valence-electron chi connectivity index (χ4n) is 4.18. The van der Waals surface area contributed by atoms with E-state index >= 15 is 0 Å². The summed E-state index contributed by atoms with van der Waals surface area (Å²) in [6, 6.07) is 15.9. The van der Waals surface area contributed by atoms with E-state index in [2.05, 4.69) is 28.2 Å². The largest absolute Gasteiger partial charge is 0.369 e. The minimum Gasteiger partial charge on any atom is -0.369 e. The number of primary amides is 1. The molecule has 1 unspecified atom stereocenters. The van der Waals surface area contributed by atoms with Gasteiger partial charge in [0, 0.05) is 31.2 Å². The van der Waals surface area contributed by atoms with Crippen LogP contribution in [0.2, 0.25) is 0 Å². The van der Waals surface area contributed by atoms with Gasteiger partial charge in [-0.25, -0.2) is 4.98 Å². The molecule has 2 heterocycles. The lowest BCUT2D eigenvalue weighted by molar-refractivity contribution is -0.123. The molecule has 0 bridgehead atoms. The summed E-state index contributed by atoms with van der Waals surface area (Å²) in [5, 5.41) is 3.83. The molecule has 1 atom stereocenters. The maximum Gasteiger partial charge on any atom is 0.234 e. The minimum atomic E-state index is -0.234. The van der Waals surface area contributed by atoms with Crippen LogP contribution >= 0.6 is 11.8 Å². The highest BCUT2D eigenvalue weighted by Crippen LogP contribution is 2.25. The Hall–Kier alpha value is -3.10. The van der Waals surface area contributed by atoms with Crippen LogP contribution in [0.3, 0.4) is 0 Å². The molecule has 0 aliphatic carbocycles. The summed E-state index contributed by atoms with van der Waals surface area (Å²) in [7, 11) is 0. The average molecular weight is 464 g/mol. The Morgan fingerprint density at radius 1 is 1.18 bits per heavy atom. The standard InChI is InChI=1S/C25H29N5O2S/c1-18-7-2-5-11-22(18)30-14-12-27-25(30)33-17-23(31)28-21-10-4-3-8-19(21)15-29-13-6-9-20(16-29)24(26)32/h2-5,7-8,10-12,14,20H,6,9,13,15-17H2,1H3,(H2,26,32)(H,28,31). The van der Waals surface area contributed by atoms with Gasteiger partial charge in [0.05, 0.1) is 17.4 Å². The van der Waals surface area contributed by atoms with Gasteiger partial charge in [-0.15, -0.1) is 0 Å². The number of benzene rings is 2. The monoisotopic (exact) mass is 463 g/mol. The van der Waals surface area contributed by atoms with Crippen LogP contribution in [0.4, 0.5) is 5.69 Å². The molecule has 2 amide bonds. The van der Waals surface area contributed by atoms with Gasteiger partial charge in [-0.2, -0.15) is 0 Å². The molecule has 0 spiro atoms. The molecule has 2 aromatic carbocycles. The van der Waals surface area contributed by atoms with Crippen LogP contribution in [0.5, 0.6) is 0 Å². The highest BCUT2D eigenvalue weighted by molar-refractivity contribution is 7.99. The van der Waals surface area contributed by atoms with Gasteiger partial charge in [-0.05, 0) is 49.6 Å². The number of nitrogens with zero attached hydrogens (tertiary/aromatic N) is 3. The quantitative estimate of drug-likeness (QED) is 0.498. The zero-order valence-electron chi connectivity index (χ0n) is 18.7. The number of aryl methyl sites for hydroxylation is 1. The molecule has 0 radical (unpaired) electrons. The van der Waals surface area contributed by atoms with Crippen molar-refractivity contribution in [1.29, 1.82) is 0 Å². The SMILES string of the molecule is Cc1ccccc1-n1ccnc1SCC(=O)Nc1ccccc1CN1CCCC(C(N)=O)C1. The lowest BCUT2D eigenvalue weighted by Crippen LogP contribution is -2.40. The molecule has 1 aromatic heterocycles. The number of imidazole rings is 1. The van der Waals surface area contributed by atoms with E-state index in [1.54, 1.807) is 6.20 Å². The number of carbonyl (C=O) groups excluding carboxylic acids is 2. The predicted molar refractivity (Wildman–Crippen MR) is 131 cm³/mol. The number of hydrogen-bond acceptors (Lipinski definition) is 5. The van der Waals surface area contributed by atoms with Crippen molar-refractivity contribution in [1.82, 2.24) is 14.5 Å². The van der Waals surface area contributed by atoms with Crippen molar-refractivity contribution in [2.24, 2.45) is 11.7 Å². The lowest BCUT2D eigenvalue weighted by atomic mass is 9.97. The molecule has 172 valence electrons. The van der Waals surface area contributed by atoms with Crippen molar-refractivity contribution >= 4 is 29.3 Å². The summed E-state index contributed by atoms with van der Waals surface area (Å²) >= 11 is 1.41. The lowest BCUT2D eigenvalue weighted by Gasteiger charge is -2.31. The first-order valence-corrected chi connectivity index (χ1v) is 12.1. The summed E-state index contributed by atoms with van der Waals surface area (Å²) in [4.78, 5) is 31.0. The van der Waals surface area contributed by atoms with E-state index in [0.717, 1.165) is 47.0 Å². The molecule has 1 saturated heterocycles. The van der Waals surface area contributed by atoms with Gasteiger partial charge >= 0.3 is 0 Å². The van der Waals surface area contributed by atoms with Crippen molar-refractivity contribution < 1.29 is 9.59 Å². The second-order valence-electron chi connectivity index (χ2n) is 8.34. The zero-order chi connectivity index (χ0) is 23.2. The Morgan fingerprint density at radius 2 is 1.97 bits per heavy atom. The maximum atomic E-state index is 12.8. The van der Waals surface area contributed by atoms with E-state index in [4.69, 9.17) is 5.73 Å². The van der Waals surface area contributed by atoms with Crippen LogP contribution in [0, 0.1) is 12.8 Å².